The maximum Gasteiger partial charge on any atom is 0.319 e. The molecule has 138 valence electrons. The number of nitrogens with zero attached hydrogens (tertiary/aromatic N) is 2. The molecule has 3 aromatic rings. The van der Waals surface area contributed by atoms with Crippen LogP contribution in [0.3, 0.4) is 0 Å². The summed E-state index contributed by atoms with van der Waals surface area (Å²) < 4.78 is 10.4. The van der Waals surface area contributed by atoms with Crippen LogP contribution in [0.2, 0.25) is 0 Å². The normalized spacial score (nSPS) is 10.1. The van der Waals surface area contributed by atoms with Gasteiger partial charge in [-0.3, -0.25) is 9.97 Å². The van der Waals surface area contributed by atoms with Gasteiger partial charge in [-0.2, -0.15) is 0 Å². The maximum absolute atomic E-state index is 12.3. The summed E-state index contributed by atoms with van der Waals surface area (Å²) in [6.45, 7) is 0.332. The zero-order chi connectivity index (χ0) is 19.1. The number of carbonyl (C=O) groups excluding carboxylic acids is 1. The number of benzene rings is 1. The summed E-state index contributed by atoms with van der Waals surface area (Å²) in [5, 5.41) is 5.63. The van der Waals surface area contributed by atoms with Crippen LogP contribution < -0.4 is 20.1 Å². The van der Waals surface area contributed by atoms with Crippen molar-refractivity contribution in [2.45, 2.75) is 6.54 Å². The Morgan fingerprint density at radius 1 is 1.00 bits per heavy atom. The molecular weight excluding hydrogens is 344 g/mol. The predicted molar refractivity (Wildman–Crippen MR) is 103 cm³/mol. The maximum atomic E-state index is 12.3. The summed E-state index contributed by atoms with van der Waals surface area (Å²) in [6, 6.07) is 12.4. The lowest BCUT2D eigenvalue weighted by atomic mass is 10.1. The number of urea groups is 1. The monoisotopic (exact) mass is 364 g/mol. The fraction of sp³-hybridized carbons (Fsp3) is 0.150. The first-order valence-corrected chi connectivity index (χ1v) is 8.32. The second-order valence-electron chi connectivity index (χ2n) is 5.66. The topological polar surface area (TPSA) is 85.4 Å². The van der Waals surface area contributed by atoms with Crippen molar-refractivity contribution in [3.05, 3.63) is 66.6 Å². The number of ether oxygens (including phenoxy) is 2. The molecule has 7 nitrogen and oxygen atoms in total. The Labute approximate surface area is 157 Å². The average Bonchev–Trinajstić information content (AvgIpc) is 2.72. The number of pyridine rings is 2. The molecule has 0 bridgehead atoms. The summed E-state index contributed by atoms with van der Waals surface area (Å²) in [6.07, 6.45) is 5.15. The van der Waals surface area contributed by atoms with Crippen molar-refractivity contribution in [3.63, 3.8) is 0 Å². The fourth-order valence-electron chi connectivity index (χ4n) is 2.58. The molecule has 0 fully saturated rings. The van der Waals surface area contributed by atoms with Gasteiger partial charge in [-0.25, -0.2) is 4.79 Å². The highest BCUT2D eigenvalue weighted by atomic mass is 16.5. The number of hydrogen-bond acceptors (Lipinski definition) is 5. The van der Waals surface area contributed by atoms with Gasteiger partial charge in [0.1, 0.15) is 11.5 Å². The molecule has 27 heavy (non-hydrogen) atoms. The summed E-state index contributed by atoms with van der Waals surface area (Å²) in [5.74, 6) is 1.19. The molecule has 0 saturated heterocycles. The Balaban J connectivity index is 1.69. The van der Waals surface area contributed by atoms with E-state index in [1.54, 1.807) is 51.0 Å². The molecule has 0 aliphatic heterocycles. The standard InChI is InChI=1S/C20H20N4O3/c1-26-17-10-16(11-18(12-17)27-2)24-20(25)23-13-15-4-3-7-22-19(15)14-5-8-21-9-6-14/h3-12H,13H2,1-2H3,(H2,23,24,25). The van der Waals surface area contributed by atoms with Crippen LogP contribution in [0.5, 0.6) is 11.5 Å². The van der Waals surface area contributed by atoms with Gasteiger partial charge in [0.15, 0.2) is 0 Å². The molecule has 3 rings (SSSR count). The lowest BCUT2D eigenvalue weighted by molar-refractivity contribution is 0.251. The fourth-order valence-corrected chi connectivity index (χ4v) is 2.58. The van der Waals surface area contributed by atoms with E-state index < -0.39 is 0 Å². The van der Waals surface area contributed by atoms with E-state index in [9.17, 15) is 4.79 Å². The molecule has 2 aromatic heterocycles. The molecule has 0 aliphatic rings. The number of aromatic nitrogens is 2. The molecule has 0 radical (unpaired) electrons. The molecule has 0 atom stereocenters. The van der Waals surface area contributed by atoms with Crippen molar-refractivity contribution in [2.24, 2.45) is 0 Å². The Kier molecular flexibility index (Phi) is 5.84. The summed E-state index contributed by atoms with van der Waals surface area (Å²) >= 11 is 0. The Morgan fingerprint density at radius 2 is 1.70 bits per heavy atom. The SMILES string of the molecule is COc1cc(NC(=O)NCc2cccnc2-c2ccncc2)cc(OC)c1. The second-order valence-corrected chi connectivity index (χ2v) is 5.66. The first-order chi connectivity index (χ1) is 13.2. The van der Waals surface area contributed by atoms with Gasteiger partial charge in [0.05, 0.1) is 19.9 Å². The van der Waals surface area contributed by atoms with E-state index in [-0.39, 0.29) is 6.03 Å². The highest BCUT2D eigenvalue weighted by Crippen LogP contribution is 2.25. The second kappa shape index (κ2) is 8.66. The van der Waals surface area contributed by atoms with Crippen LogP contribution in [0.25, 0.3) is 11.3 Å². The first-order valence-electron chi connectivity index (χ1n) is 8.32. The van der Waals surface area contributed by atoms with Gasteiger partial charge in [0.25, 0.3) is 0 Å². The molecule has 7 heteroatoms. The molecule has 1 aromatic carbocycles. The van der Waals surface area contributed by atoms with E-state index in [0.717, 1.165) is 16.8 Å². The van der Waals surface area contributed by atoms with Gasteiger partial charge < -0.3 is 20.1 Å². The molecule has 0 aliphatic carbocycles. The van der Waals surface area contributed by atoms with Gasteiger partial charge in [-0.1, -0.05) is 6.07 Å². The average molecular weight is 364 g/mol. The van der Waals surface area contributed by atoms with Crippen LogP contribution in [0.15, 0.2) is 61.1 Å². The number of nitrogens with one attached hydrogen (secondary N) is 2. The van der Waals surface area contributed by atoms with E-state index in [4.69, 9.17) is 9.47 Å². The Bertz CT molecular complexity index is 894. The zero-order valence-electron chi connectivity index (χ0n) is 15.1. The lowest BCUT2D eigenvalue weighted by Crippen LogP contribution is -2.28. The summed E-state index contributed by atoms with van der Waals surface area (Å²) in [5.41, 5.74) is 3.23. The van der Waals surface area contributed by atoms with Crippen LogP contribution in [0.4, 0.5) is 10.5 Å². The number of anilines is 1. The zero-order valence-corrected chi connectivity index (χ0v) is 15.1. The van der Waals surface area contributed by atoms with Crippen LogP contribution >= 0.6 is 0 Å². The Hall–Kier alpha value is -3.61. The molecule has 2 heterocycles. The summed E-state index contributed by atoms with van der Waals surface area (Å²) in [4.78, 5) is 20.7. The van der Waals surface area contributed by atoms with Crippen molar-refractivity contribution in [1.82, 2.24) is 15.3 Å². The first kappa shape index (κ1) is 18.2. The molecule has 0 saturated carbocycles. The Morgan fingerprint density at radius 3 is 2.37 bits per heavy atom. The molecule has 2 N–H and O–H groups in total. The van der Waals surface area contributed by atoms with Crippen LogP contribution in [-0.4, -0.2) is 30.2 Å². The van der Waals surface area contributed by atoms with Crippen molar-refractivity contribution >= 4 is 11.7 Å². The van der Waals surface area contributed by atoms with Gasteiger partial charge in [-0.15, -0.1) is 0 Å². The minimum absolute atomic E-state index is 0.332. The number of hydrogen-bond donors (Lipinski definition) is 2. The number of rotatable bonds is 6. The lowest BCUT2D eigenvalue weighted by Gasteiger charge is -2.12. The van der Waals surface area contributed by atoms with Crippen LogP contribution in [-0.2, 0) is 6.54 Å². The van der Waals surface area contributed by atoms with Gasteiger partial charge >= 0.3 is 6.03 Å². The molecule has 0 unspecified atom stereocenters. The van der Waals surface area contributed by atoms with E-state index >= 15 is 0 Å². The highest BCUT2D eigenvalue weighted by molar-refractivity contribution is 5.89. The molecule has 0 spiro atoms. The van der Waals surface area contributed by atoms with E-state index in [2.05, 4.69) is 20.6 Å². The van der Waals surface area contributed by atoms with Crippen molar-refractivity contribution in [1.29, 1.82) is 0 Å². The quantitative estimate of drug-likeness (QED) is 0.699. The number of carbonyl (C=O) groups is 1. The van der Waals surface area contributed by atoms with Crippen LogP contribution in [0.1, 0.15) is 5.56 Å². The van der Waals surface area contributed by atoms with Crippen molar-refractivity contribution in [2.75, 3.05) is 19.5 Å². The van der Waals surface area contributed by atoms with E-state index in [0.29, 0.717) is 23.7 Å². The van der Waals surface area contributed by atoms with Gasteiger partial charge in [0, 0.05) is 54.6 Å². The van der Waals surface area contributed by atoms with E-state index in [1.165, 1.54) is 0 Å². The molecular formula is C20H20N4O3. The van der Waals surface area contributed by atoms with Crippen molar-refractivity contribution in [3.8, 4) is 22.8 Å². The number of methoxy groups -OCH3 is 2. The highest BCUT2D eigenvalue weighted by Gasteiger charge is 2.09. The van der Waals surface area contributed by atoms with Gasteiger partial charge in [-0.05, 0) is 23.8 Å². The molecule has 2 amide bonds. The smallest absolute Gasteiger partial charge is 0.319 e. The third-order valence-corrected chi connectivity index (χ3v) is 3.89. The predicted octanol–water partition coefficient (Wildman–Crippen LogP) is 3.48. The van der Waals surface area contributed by atoms with E-state index in [1.807, 2.05) is 24.3 Å². The number of amides is 2. The minimum atomic E-state index is -0.338. The largest absolute Gasteiger partial charge is 0.497 e. The summed E-state index contributed by atoms with van der Waals surface area (Å²) in [7, 11) is 3.11. The third-order valence-electron chi connectivity index (χ3n) is 3.89. The third kappa shape index (κ3) is 4.72. The van der Waals surface area contributed by atoms with Crippen LogP contribution in [0, 0.1) is 0 Å². The van der Waals surface area contributed by atoms with Gasteiger partial charge in [0.2, 0.25) is 0 Å². The van der Waals surface area contributed by atoms with Crippen molar-refractivity contribution < 1.29 is 14.3 Å². The minimum Gasteiger partial charge on any atom is -0.497 e.